The number of nitrogens with zero attached hydrogens (tertiary/aromatic N) is 4. The molecule has 1 N–H and O–H groups in total. The number of pyridine rings is 1. The Morgan fingerprint density at radius 3 is 2.41 bits per heavy atom. The van der Waals surface area contributed by atoms with Crippen molar-refractivity contribution in [1.82, 2.24) is 20.1 Å². The number of fused-ring (bicyclic) bond motifs is 2. The minimum atomic E-state index is -0.594. The van der Waals surface area contributed by atoms with E-state index in [9.17, 15) is 19.2 Å². The Morgan fingerprint density at radius 2 is 1.63 bits per heavy atom. The van der Waals surface area contributed by atoms with Gasteiger partial charge in [-0.15, -0.1) is 0 Å². The first-order valence-electron chi connectivity index (χ1n) is 14.3. The molecule has 1 unspecified atom stereocenters. The third kappa shape index (κ3) is 4.70. The summed E-state index contributed by atoms with van der Waals surface area (Å²) in [7, 11) is 0. The van der Waals surface area contributed by atoms with Crippen LogP contribution in [0.15, 0.2) is 60.8 Å². The SMILES string of the molecule is O=C1CCC(N2Cc3cc(C4CCN(Cc5cc6c(cn5)CN(c5ccccc5)C6=O)CC4)ccc3C2=O)C(=O)N1. The molecule has 3 aromatic rings. The summed E-state index contributed by atoms with van der Waals surface area (Å²) in [5.41, 5.74) is 6.35. The third-order valence-electron chi connectivity index (χ3n) is 8.91. The molecule has 1 atom stereocenters. The van der Waals surface area contributed by atoms with Gasteiger partial charge < -0.3 is 9.80 Å². The van der Waals surface area contributed by atoms with E-state index in [0.717, 1.165) is 54.0 Å². The molecule has 0 radical (unpaired) electrons. The zero-order valence-corrected chi connectivity index (χ0v) is 22.7. The van der Waals surface area contributed by atoms with Gasteiger partial charge >= 0.3 is 0 Å². The highest BCUT2D eigenvalue weighted by atomic mass is 16.2. The van der Waals surface area contributed by atoms with Gasteiger partial charge in [-0.3, -0.25) is 34.4 Å². The van der Waals surface area contributed by atoms with E-state index in [1.54, 1.807) is 9.80 Å². The number of benzene rings is 2. The number of anilines is 1. The minimum absolute atomic E-state index is 0.0276. The number of rotatable bonds is 5. The van der Waals surface area contributed by atoms with E-state index in [1.807, 2.05) is 48.7 Å². The molecule has 5 heterocycles. The van der Waals surface area contributed by atoms with Gasteiger partial charge in [0.05, 0.1) is 12.2 Å². The molecule has 0 aliphatic carbocycles. The molecule has 4 aliphatic rings. The lowest BCUT2D eigenvalue weighted by molar-refractivity contribution is -0.136. The van der Waals surface area contributed by atoms with Crippen molar-refractivity contribution >= 4 is 29.3 Å². The van der Waals surface area contributed by atoms with Crippen molar-refractivity contribution in [3.8, 4) is 0 Å². The third-order valence-corrected chi connectivity index (χ3v) is 8.91. The molecular formula is C32H31N5O4. The molecule has 9 nitrogen and oxygen atoms in total. The van der Waals surface area contributed by atoms with Crippen LogP contribution in [0.3, 0.4) is 0 Å². The van der Waals surface area contributed by atoms with Gasteiger partial charge in [0.1, 0.15) is 6.04 Å². The summed E-state index contributed by atoms with van der Waals surface area (Å²) in [4.78, 5) is 60.5. The van der Waals surface area contributed by atoms with E-state index in [0.29, 0.717) is 37.5 Å². The van der Waals surface area contributed by atoms with E-state index < -0.39 is 6.04 Å². The summed E-state index contributed by atoms with van der Waals surface area (Å²) < 4.78 is 0. The maximum atomic E-state index is 13.1. The molecule has 208 valence electrons. The Bertz CT molecular complexity index is 1560. The van der Waals surface area contributed by atoms with Crippen LogP contribution in [0.25, 0.3) is 0 Å². The van der Waals surface area contributed by atoms with Crippen molar-refractivity contribution in [3.63, 3.8) is 0 Å². The summed E-state index contributed by atoms with van der Waals surface area (Å²) in [5.74, 6) is -0.377. The fourth-order valence-electron chi connectivity index (χ4n) is 6.64. The normalized spacial score (nSPS) is 21.3. The summed E-state index contributed by atoms with van der Waals surface area (Å²) >= 11 is 0. The number of piperidine rings is 2. The smallest absolute Gasteiger partial charge is 0.259 e. The number of para-hydroxylation sites is 1. The predicted octanol–water partition coefficient (Wildman–Crippen LogP) is 3.38. The van der Waals surface area contributed by atoms with Crippen molar-refractivity contribution in [2.45, 2.75) is 57.3 Å². The van der Waals surface area contributed by atoms with Crippen molar-refractivity contribution in [2.75, 3.05) is 18.0 Å². The number of aromatic nitrogens is 1. The first-order chi connectivity index (χ1) is 19.9. The average Bonchev–Trinajstić information content (AvgIpc) is 3.49. The topological polar surface area (TPSA) is 103 Å². The van der Waals surface area contributed by atoms with Crippen LogP contribution in [-0.4, -0.2) is 57.5 Å². The zero-order chi connectivity index (χ0) is 28.1. The molecule has 4 amide bonds. The maximum Gasteiger partial charge on any atom is 0.259 e. The van der Waals surface area contributed by atoms with Gasteiger partial charge in [0.15, 0.2) is 0 Å². The molecule has 1 aromatic heterocycles. The number of carbonyl (C=O) groups is 4. The highest BCUT2D eigenvalue weighted by Gasteiger charge is 2.39. The van der Waals surface area contributed by atoms with Crippen LogP contribution in [0.1, 0.15) is 74.7 Å². The molecule has 7 rings (SSSR count). The molecule has 0 spiro atoms. The van der Waals surface area contributed by atoms with Gasteiger partial charge in [0, 0.05) is 48.1 Å². The quantitative estimate of drug-likeness (QED) is 0.490. The standard InChI is InChI=1S/C32H31N5O4/c38-29-9-8-28(30(39)34-29)37-17-22-14-21(6-7-26(22)31(37)40)20-10-12-35(13-11-20)19-24-15-27-23(16-33-24)18-36(32(27)41)25-4-2-1-3-5-25/h1-7,14-16,20,28H,8-13,17-19H2,(H,34,38,39). The van der Waals surface area contributed by atoms with E-state index >= 15 is 0 Å². The van der Waals surface area contributed by atoms with Crippen molar-refractivity contribution in [2.24, 2.45) is 0 Å². The van der Waals surface area contributed by atoms with Crippen molar-refractivity contribution < 1.29 is 19.2 Å². The van der Waals surface area contributed by atoms with Crippen LogP contribution in [0.5, 0.6) is 0 Å². The minimum Gasteiger partial charge on any atom is -0.322 e. The van der Waals surface area contributed by atoms with Gasteiger partial charge in [0.25, 0.3) is 11.8 Å². The van der Waals surface area contributed by atoms with E-state index in [4.69, 9.17) is 0 Å². The second-order valence-corrected chi connectivity index (χ2v) is 11.4. The van der Waals surface area contributed by atoms with Crippen LogP contribution < -0.4 is 10.2 Å². The fourth-order valence-corrected chi connectivity index (χ4v) is 6.64. The van der Waals surface area contributed by atoms with E-state index in [1.165, 1.54) is 5.56 Å². The summed E-state index contributed by atoms with van der Waals surface area (Å²) in [6, 6.07) is 17.2. The van der Waals surface area contributed by atoms with Gasteiger partial charge in [-0.2, -0.15) is 0 Å². The first kappa shape index (κ1) is 25.6. The lowest BCUT2D eigenvalue weighted by Gasteiger charge is -2.32. The van der Waals surface area contributed by atoms with Gasteiger partial charge in [-0.05, 0) is 73.7 Å². The number of nitrogens with one attached hydrogen (secondary N) is 1. The molecule has 2 saturated heterocycles. The van der Waals surface area contributed by atoms with Crippen LogP contribution in [0.2, 0.25) is 0 Å². The lowest BCUT2D eigenvalue weighted by atomic mass is 9.88. The molecule has 9 heteroatoms. The summed E-state index contributed by atoms with van der Waals surface area (Å²) in [5, 5.41) is 2.36. The molecule has 0 bridgehead atoms. The predicted molar refractivity (Wildman–Crippen MR) is 151 cm³/mol. The number of hydrogen-bond donors (Lipinski definition) is 1. The highest BCUT2D eigenvalue weighted by molar-refractivity contribution is 6.10. The molecule has 0 saturated carbocycles. The van der Waals surface area contributed by atoms with Crippen LogP contribution in [-0.2, 0) is 29.2 Å². The monoisotopic (exact) mass is 549 g/mol. The molecule has 2 fully saturated rings. The Kier molecular flexibility index (Phi) is 6.38. The molecular weight excluding hydrogens is 518 g/mol. The van der Waals surface area contributed by atoms with Crippen molar-refractivity contribution in [1.29, 1.82) is 0 Å². The largest absolute Gasteiger partial charge is 0.322 e. The van der Waals surface area contributed by atoms with Crippen LogP contribution in [0, 0.1) is 0 Å². The Morgan fingerprint density at radius 1 is 0.829 bits per heavy atom. The second-order valence-electron chi connectivity index (χ2n) is 11.4. The van der Waals surface area contributed by atoms with Gasteiger partial charge in [-0.25, -0.2) is 0 Å². The Labute approximate surface area is 238 Å². The molecule has 4 aliphatic heterocycles. The number of likely N-dealkylation sites (tertiary alicyclic amines) is 1. The zero-order valence-electron chi connectivity index (χ0n) is 22.7. The number of carbonyl (C=O) groups excluding carboxylic acids is 4. The Balaban J connectivity index is 0.974. The highest BCUT2D eigenvalue weighted by Crippen LogP contribution is 2.34. The second kappa shape index (κ2) is 10.2. The average molecular weight is 550 g/mol. The summed E-state index contributed by atoms with van der Waals surface area (Å²) in [6.07, 6.45) is 4.46. The lowest BCUT2D eigenvalue weighted by Crippen LogP contribution is -2.52. The molecule has 41 heavy (non-hydrogen) atoms. The number of amides is 4. The van der Waals surface area contributed by atoms with E-state index in [-0.39, 0.29) is 30.0 Å². The first-order valence-corrected chi connectivity index (χ1v) is 14.3. The van der Waals surface area contributed by atoms with Crippen molar-refractivity contribution in [3.05, 3.63) is 94.3 Å². The summed E-state index contributed by atoms with van der Waals surface area (Å²) in [6.45, 7) is 3.50. The Hall–Kier alpha value is -4.37. The van der Waals surface area contributed by atoms with Gasteiger partial charge in [-0.1, -0.05) is 30.3 Å². The van der Waals surface area contributed by atoms with E-state index in [2.05, 4.69) is 27.3 Å². The van der Waals surface area contributed by atoms with Crippen LogP contribution in [0.4, 0.5) is 5.69 Å². The molecule has 2 aromatic carbocycles. The maximum absolute atomic E-state index is 13.1. The fraction of sp³-hybridized carbons (Fsp3) is 0.344. The number of imide groups is 1. The van der Waals surface area contributed by atoms with Crippen LogP contribution >= 0.6 is 0 Å². The van der Waals surface area contributed by atoms with Gasteiger partial charge in [0.2, 0.25) is 11.8 Å². The number of hydrogen-bond acceptors (Lipinski definition) is 6.